The first kappa shape index (κ1) is 21.9. The van der Waals surface area contributed by atoms with Gasteiger partial charge in [0.25, 0.3) is 0 Å². The van der Waals surface area contributed by atoms with E-state index in [1.54, 1.807) is 14.2 Å². The third-order valence-corrected chi connectivity index (χ3v) is 5.50. The minimum absolute atomic E-state index is 0.694. The van der Waals surface area contributed by atoms with Gasteiger partial charge in [0.1, 0.15) is 11.6 Å². The predicted molar refractivity (Wildman–Crippen MR) is 123 cm³/mol. The average Bonchev–Trinajstić information content (AvgIpc) is 2.82. The lowest BCUT2D eigenvalue weighted by molar-refractivity contribution is 0.270. The topological polar surface area (TPSA) is 65.0 Å². The van der Waals surface area contributed by atoms with Gasteiger partial charge in [-0.15, -0.1) is 0 Å². The molecule has 162 valence electrons. The van der Waals surface area contributed by atoms with E-state index >= 15 is 0 Å². The Kier molecular flexibility index (Phi) is 8.32. The smallest absolute Gasteiger partial charge is 0.191 e. The highest BCUT2D eigenvalue weighted by Crippen LogP contribution is 2.14. The average molecular weight is 411 g/mol. The Labute approximate surface area is 180 Å². The van der Waals surface area contributed by atoms with Crippen LogP contribution in [0.15, 0.2) is 47.6 Å². The van der Waals surface area contributed by atoms with E-state index in [1.165, 1.54) is 5.56 Å². The van der Waals surface area contributed by atoms with Gasteiger partial charge in [-0.1, -0.05) is 25.1 Å². The van der Waals surface area contributed by atoms with Crippen LogP contribution in [0, 0.1) is 0 Å². The fraction of sp³-hybridized carbons (Fsp3) is 0.478. The van der Waals surface area contributed by atoms with Crippen molar-refractivity contribution in [1.29, 1.82) is 0 Å². The van der Waals surface area contributed by atoms with Crippen LogP contribution < -0.4 is 20.3 Å². The molecule has 2 aromatic rings. The van der Waals surface area contributed by atoms with Gasteiger partial charge in [-0.25, -0.2) is 4.98 Å². The van der Waals surface area contributed by atoms with Crippen molar-refractivity contribution in [3.05, 3.63) is 53.7 Å². The van der Waals surface area contributed by atoms with Gasteiger partial charge in [0, 0.05) is 52.5 Å². The lowest BCUT2D eigenvalue weighted by atomic mass is 10.1. The van der Waals surface area contributed by atoms with Gasteiger partial charge < -0.3 is 25.2 Å². The largest absolute Gasteiger partial charge is 0.497 e. The molecular formula is C23H34N6O. The van der Waals surface area contributed by atoms with Gasteiger partial charge in [0.15, 0.2) is 5.96 Å². The minimum Gasteiger partial charge on any atom is -0.497 e. The zero-order valence-corrected chi connectivity index (χ0v) is 18.4. The van der Waals surface area contributed by atoms with Gasteiger partial charge in [0.2, 0.25) is 0 Å². The molecule has 2 heterocycles. The Hall–Kier alpha value is -2.80. The zero-order valence-electron chi connectivity index (χ0n) is 18.4. The zero-order chi connectivity index (χ0) is 21.2. The predicted octanol–water partition coefficient (Wildman–Crippen LogP) is 2.14. The van der Waals surface area contributed by atoms with E-state index < -0.39 is 0 Å². The van der Waals surface area contributed by atoms with Crippen molar-refractivity contribution in [2.75, 3.05) is 58.3 Å². The number of hydrogen-bond acceptors (Lipinski definition) is 5. The van der Waals surface area contributed by atoms with Gasteiger partial charge in [-0.2, -0.15) is 0 Å². The summed E-state index contributed by atoms with van der Waals surface area (Å²) < 4.78 is 5.20. The minimum atomic E-state index is 0.694. The number of aliphatic imine (C=N–C) groups is 1. The molecule has 0 spiro atoms. The van der Waals surface area contributed by atoms with Crippen LogP contribution in [0.25, 0.3) is 0 Å². The number of guanidine groups is 1. The van der Waals surface area contributed by atoms with Gasteiger partial charge in [0.05, 0.1) is 7.11 Å². The molecule has 1 saturated heterocycles. The van der Waals surface area contributed by atoms with Crippen LogP contribution in [-0.4, -0.2) is 69.3 Å². The van der Waals surface area contributed by atoms with Gasteiger partial charge in [-0.3, -0.25) is 4.99 Å². The van der Waals surface area contributed by atoms with E-state index in [4.69, 9.17) is 4.74 Å². The number of piperazine rings is 1. The second-order valence-electron chi connectivity index (χ2n) is 7.40. The number of hydrogen-bond donors (Lipinski definition) is 2. The molecule has 0 amide bonds. The van der Waals surface area contributed by atoms with Crippen LogP contribution in [0.3, 0.4) is 0 Å². The summed E-state index contributed by atoms with van der Waals surface area (Å²) in [5, 5.41) is 6.73. The lowest BCUT2D eigenvalue weighted by Gasteiger charge is -2.34. The van der Waals surface area contributed by atoms with E-state index in [9.17, 15) is 0 Å². The highest BCUT2D eigenvalue weighted by Gasteiger charge is 2.16. The normalized spacial score (nSPS) is 15.2. The Balaban J connectivity index is 1.41. The summed E-state index contributed by atoms with van der Waals surface area (Å²) >= 11 is 0. The first-order chi connectivity index (χ1) is 14.7. The first-order valence-corrected chi connectivity index (χ1v) is 10.7. The first-order valence-electron chi connectivity index (χ1n) is 10.7. The number of aromatic nitrogens is 1. The number of nitrogens with zero attached hydrogens (tertiary/aromatic N) is 4. The second-order valence-corrected chi connectivity index (χ2v) is 7.40. The molecule has 2 N–H and O–H groups in total. The molecule has 30 heavy (non-hydrogen) atoms. The Morgan fingerprint density at radius 3 is 2.37 bits per heavy atom. The van der Waals surface area contributed by atoms with E-state index in [0.717, 1.165) is 68.8 Å². The van der Waals surface area contributed by atoms with Crippen molar-refractivity contribution in [2.45, 2.75) is 19.9 Å². The SMILES string of the molecule is CCN1CCN(c2ccc(CNC(=NC)NCCc3ccc(OC)cc3)cn2)CC1. The molecule has 7 nitrogen and oxygen atoms in total. The highest BCUT2D eigenvalue weighted by molar-refractivity contribution is 5.79. The third kappa shape index (κ3) is 6.35. The van der Waals surface area contributed by atoms with E-state index in [1.807, 2.05) is 18.3 Å². The van der Waals surface area contributed by atoms with Crippen molar-refractivity contribution < 1.29 is 4.74 Å². The maximum atomic E-state index is 5.20. The van der Waals surface area contributed by atoms with Crippen LogP contribution >= 0.6 is 0 Å². The fourth-order valence-corrected chi connectivity index (χ4v) is 3.53. The lowest BCUT2D eigenvalue weighted by Crippen LogP contribution is -2.46. The number of anilines is 1. The molecule has 0 atom stereocenters. The van der Waals surface area contributed by atoms with Crippen LogP contribution in [0.4, 0.5) is 5.82 Å². The molecule has 0 saturated carbocycles. The van der Waals surface area contributed by atoms with Crippen molar-refractivity contribution in [2.24, 2.45) is 4.99 Å². The summed E-state index contributed by atoms with van der Waals surface area (Å²) in [6.45, 7) is 9.16. The fourth-order valence-electron chi connectivity index (χ4n) is 3.53. The highest BCUT2D eigenvalue weighted by atomic mass is 16.5. The van der Waals surface area contributed by atoms with Crippen molar-refractivity contribution in [1.82, 2.24) is 20.5 Å². The van der Waals surface area contributed by atoms with E-state index in [-0.39, 0.29) is 0 Å². The Bertz CT molecular complexity index is 782. The molecular weight excluding hydrogens is 376 g/mol. The van der Waals surface area contributed by atoms with Crippen molar-refractivity contribution in [3.8, 4) is 5.75 Å². The van der Waals surface area contributed by atoms with Crippen LogP contribution in [-0.2, 0) is 13.0 Å². The van der Waals surface area contributed by atoms with E-state index in [0.29, 0.717) is 6.54 Å². The molecule has 1 aliphatic heterocycles. The number of rotatable bonds is 8. The molecule has 0 bridgehead atoms. The third-order valence-electron chi connectivity index (χ3n) is 5.50. The maximum Gasteiger partial charge on any atom is 0.191 e. The number of pyridine rings is 1. The molecule has 3 rings (SSSR count). The number of ether oxygens (including phenoxy) is 1. The standard InChI is InChI=1S/C23H34N6O/c1-4-28-13-15-29(16-14-28)22-10-7-20(17-26-22)18-27-23(24-2)25-12-11-19-5-8-21(30-3)9-6-19/h5-10,17H,4,11-16,18H2,1-3H3,(H2,24,25,27). The second kappa shape index (κ2) is 11.4. The molecule has 7 heteroatoms. The molecule has 0 radical (unpaired) electrons. The molecule has 0 aliphatic carbocycles. The summed E-state index contributed by atoms with van der Waals surface area (Å²) in [6.07, 6.45) is 2.88. The van der Waals surface area contributed by atoms with Crippen molar-refractivity contribution >= 4 is 11.8 Å². The number of nitrogens with one attached hydrogen (secondary N) is 2. The van der Waals surface area contributed by atoms with Crippen LogP contribution in [0.5, 0.6) is 5.75 Å². The molecule has 1 aliphatic rings. The van der Waals surface area contributed by atoms with Crippen LogP contribution in [0.2, 0.25) is 0 Å². The monoisotopic (exact) mass is 410 g/mol. The quantitative estimate of drug-likeness (QED) is 0.514. The number of likely N-dealkylation sites (N-methyl/N-ethyl adjacent to an activating group) is 1. The number of benzene rings is 1. The van der Waals surface area contributed by atoms with Gasteiger partial charge in [-0.05, 0) is 42.3 Å². The molecule has 1 fully saturated rings. The van der Waals surface area contributed by atoms with E-state index in [2.05, 4.69) is 61.6 Å². The summed E-state index contributed by atoms with van der Waals surface area (Å²) in [5.74, 6) is 2.74. The van der Waals surface area contributed by atoms with Gasteiger partial charge >= 0.3 is 0 Å². The van der Waals surface area contributed by atoms with Crippen LogP contribution in [0.1, 0.15) is 18.1 Å². The molecule has 0 unspecified atom stereocenters. The summed E-state index contributed by atoms with van der Waals surface area (Å²) in [5.41, 5.74) is 2.40. The summed E-state index contributed by atoms with van der Waals surface area (Å²) in [4.78, 5) is 13.8. The molecule has 1 aromatic carbocycles. The Morgan fingerprint density at radius 2 is 1.77 bits per heavy atom. The maximum absolute atomic E-state index is 5.20. The van der Waals surface area contributed by atoms with Crippen molar-refractivity contribution in [3.63, 3.8) is 0 Å². The summed E-state index contributed by atoms with van der Waals surface area (Å²) in [6, 6.07) is 12.4. The Morgan fingerprint density at radius 1 is 1.03 bits per heavy atom. The number of methoxy groups -OCH3 is 1. The molecule has 1 aromatic heterocycles. The summed E-state index contributed by atoms with van der Waals surface area (Å²) in [7, 11) is 3.48.